The number of unbranched alkanes of at least 4 members (excludes halogenated alkanes) is 1. The first-order valence-electron chi connectivity index (χ1n) is 11.2. The van der Waals surface area contributed by atoms with E-state index < -0.39 is 0 Å². The Balaban J connectivity index is 0.00000125. The van der Waals surface area contributed by atoms with Crippen LogP contribution in [0.1, 0.15) is 29.5 Å². The van der Waals surface area contributed by atoms with E-state index in [-0.39, 0.29) is 16.7 Å². The number of phenolic OH excluding ortho intramolecular Hbond substituents is 1. The van der Waals surface area contributed by atoms with Gasteiger partial charge in [0.2, 0.25) is 0 Å². The van der Waals surface area contributed by atoms with Crippen LogP contribution in [0.2, 0.25) is 0 Å². The first-order chi connectivity index (χ1) is 15.5. The SMILES string of the molecule is CO.Cc1cc2c(=O)c(CCCCN3CCN(c4ccccc4C)CC3)coc2cc1O.O. The van der Waals surface area contributed by atoms with E-state index in [0.29, 0.717) is 16.5 Å². The molecule has 0 amide bonds. The molecule has 180 valence electrons. The molecule has 1 aliphatic rings. The van der Waals surface area contributed by atoms with E-state index in [9.17, 15) is 9.90 Å². The van der Waals surface area contributed by atoms with Crippen LogP contribution in [0.3, 0.4) is 0 Å². The number of aliphatic hydroxyl groups is 1. The lowest BCUT2D eigenvalue weighted by Gasteiger charge is -2.36. The number of aliphatic hydroxyl groups excluding tert-OH is 1. The fourth-order valence-corrected chi connectivity index (χ4v) is 4.27. The van der Waals surface area contributed by atoms with Crippen molar-refractivity contribution in [3.05, 3.63) is 69.6 Å². The summed E-state index contributed by atoms with van der Waals surface area (Å²) < 4.78 is 5.59. The Bertz CT molecular complexity index is 1090. The van der Waals surface area contributed by atoms with Crippen LogP contribution in [0.5, 0.6) is 5.75 Å². The minimum Gasteiger partial charge on any atom is -0.508 e. The Labute approximate surface area is 195 Å². The average Bonchev–Trinajstić information content (AvgIpc) is 2.81. The molecule has 2 heterocycles. The van der Waals surface area contributed by atoms with Crippen LogP contribution < -0.4 is 10.3 Å². The topological polar surface area (TPSA) is 109 Å². The summed E-state index contributed by atoms with van der Waals surface area (Å²) in [5.74, 6) is 0.154. The zero-order chi connectivity index (χ0) is 23.1. The third-order valence-electron chi connectivity index (χ3n) is 6.16. The summed E-state index contributed by atoms with van der Waals surface area (Å²) in [4.78, 5) is 17.7. The zero-order valence-electron chi connectivity index (χ0n) is 19.8. The second-order valence-corrected chi connectivity index (χ2v) is 8.30. The minimum absolute atomic E-state index is 0. The molecular formula is C26H36N2O5. The molecule has 3 aromatic rings. The molecular weight excluding hydrogens is 420 g/mol. The molecule has 0 bridgehead atoms. The van der Waals surface area contributed by atoms with Crippen molar-refractivity contribution >= 4 is 16.7 Å². The van der Waals surface area contributed by atoms with Crippen LogP contribution in [0.15, 0.2) is 51.9 Å². The molecule has 4 N–H and O–H groups in total. The molecule has 0 aliphatic carbocycles. The maximum Gasteiger partial charge on any atom is 0.195 e. The number of aromatic hydroxyl groups is 1. The van der Waals surface area contributed by atoms with Crippen molar-refractivity contribution in [1.82, 2.24) is 4.90 Å². The van der Waals surface area contributed by atoms with E-state index in [2.05, 4.69) is 41.0 Å². The molecule has 0 spiro atoms. The molecule has 0 radical (unpaired) electrons. The Hall–Kier alpha value is -2.87. The number of piperazine rings is 1. The summed E-state index contributed by atoms with van der Waals surface area (Å²) in [6, 6.07) is 11.8. The molecule has 1 saturated heterocycles. The number of fused-ring (bicyclic) bond motifs is 1. The van der Waals surface area contributed by atoms with Gasteiger partial charge in [-0.1, -0.05) is 18.2 Å². The summed E-state index contributed by atoms with van der Waals surface area (Å²) in [5.41, 5.74) is 4.56. The van der Waals surface area contributed by atoms with Gasteiger partial charge in [0.25, 0.3) is 0 Å². The molecule has 0 unspecified atom stereocenters. The lowest BCUT2D eigenvalue weighted by atomic mass is 10.1. The van der Waals surface area contributed by atoms with E-state index in [1.54, 1.807) is 19.3 Å². The van der Waals surface area contributed by atoms with Crippen molar-refractivity contribution in [2.45, 2.75) is 33.1 Å². The highest BCUT2D eigenvalue weighted by Gasteiger charge is 2.18. The standard InChI is InChI=1S/C25H30N2O3.CH4O.H2O/c1-18-7-3-4-9-22(18)27-13-11-26(12-14-27)10-6-5-8-20-17-30-24-16-23(28)19(2)15-21(24)25(20)29;1-2;/h3-4,7,9,15-17,28H,5-6,8,10-14H2,1-2H3;2H,1H3;1H2. The summed E-state index contributed by atoms with van der Waals surface area (Å²) in [7, 11) is 1.00. The molecule has 2 aromatic carbocycles. The molecule has 1 aliphatic heterocycles. The average molecular weight is 457 g/mol. The van der Waals surface area contributed by atoms with E-state index in [4.69, 9.17) is 9.52 Å². The van der Waals surface area contributed by atoms with Gasteiger partial charge >= 0.3 is 0 Å². The first kappa shape index (κ1) is 26.4. The number of anilines is 1. The molecule has 1 fully saturated rings. The van der Waals surface area contributed by atoms with Gasteiger partial charge in [0.15, 0.2) is 5.43 Å². The maximum absolute atomic E-state index is 12.7. The van der Waals surface area contributed by atoms with E-state index in [0.717, 1.165) is 64.7 Å². The van der Waals surface area contributed by atoms with Gasteiger partial charge in [-0.15, -0.1) is 0 Å². The van der Waals surface area contributed by atoms with Crippen molar-refractivity contribution in [2.24, 2.45) is 0 Å². The fraction of sp³-hybridized carbons (Fsp3) is 0.423. The number of para-hydroxylation sites is 1. The van der Waals surface area contributed by atoms with Gasteiger partial charge in [-0.05, 0) is 62.9 Å². The quantitative estimate of drug-likeness (QED) is 0.552. The highest BCUT2D eigenvalue weighted by molar-refractivity contribution is 5.79. The van der Waals surface area contributed by atoms with Crippen molar-refractivity contribution in [1.29, 1.82) is 0 Å². The van der Waals surface area contributed by atoms with Crippen molar-refractivity contribution in [3.8, 4) is 5.75 Å². The van der Waals surface area contributed by atoms with Crippen LogP contribution in [-0.2, 0) is 6.42 Å². The maximum atomic E-state index is 12.7. The predicted molar refractivity (Wildman–Crippen MR) is 133 cm³/mol. The smallest absolute Gasteiger partial charge is 0.195 e. The van der Waals surface area contributed by atoms with Crippen LogP contribution in [0.4, 0.5) is 5.69 Å². The van der Waals surface area contributed by atoms with Gasteiger partial charge in [0.05, 0.1) is 11.6 Å². The lowest BCUT2D eigenvalue weighted by Crippen LogP contribution is -2.46. The van der Waals surface area contributed by atoms with Gasteiger partial charge < -0.3 is 25.0 Å². The molecule has 1 aromatic heterocycles. The van der Waals surface area contributed by atoms with Gasteiger partial charge in [-0.3, -0.25) is 9.69 Å². The van der Waals surface area contributed by atoms with Crippen molar-refractivity contribution in [3.63, 3.8) is 0 Å². The Morgan fingerprint density at radius 1 is 0.970 bits per heavy atom. The third-order valence-corrected chi connectivity index (χ3v) is 6.16. The normalized spacial score (nSPS) is 13.9. The highest BCUT2D eigenvalue weighted by Crippen LogP contribution is 2.23. The third kappa shape index (κ3) is 6.35. The van der Waals surface area contributed by atoms with E-state index >= 15 is 0 Å². The second kappa shape index (κ2) is 12.4. The fourth-order valence-electron chi connectivity index (χ4n) is 4.27. The van der Waals surface area contributed by atoms with Crippen molar-refractivity contribution < 1.29 is 20.1 Å². The number of benzene rings is 2. The van der Waals surface area contributed by atoms with Gasteiger partial charge in [-0.25, -0.2) is 0 Å². The number of phenols is 1. The summed E-state index contributed by atoms with van der Waals surface area (Å²) >= 11 is 0. The Kier molecular flexibility index (Phi) is 9.91. The van der Waals surface area contributed by atoms with Crippen LogP contribution in [0.25, 0.3) is 11.0 Å². The number of rotatable bonds is 6. The molecule has 4 rings (SSSR count). The lowest BCUT2D eigenvalue weighted by molar-refractivity contribution is 0.253. The van der Waals surface area contributed by atoms with E-state index in [1.165, 1.54) is 17.3 Å². The van der Waals surface area contributed by atoms with Crippen LogP contribution in [-0.4, -0.2) is 60.4 Å². The Morgan fingerprint density at radius 3 is 2.36 bits per heavy atom. The van der Waals surface area contributed by atoms with Gasteiger partial charge in [0.1, 0.15) is 11.3 Å². The predicted octanol–water partition coefficient (Wildman–Crippen LogP) is 3.04. The van der Waals surface area contributed by atoms with Crippen LogP contribution in [0, 0.1) is 13.8 Å². The van der Waals surface area contributed by atoms with Crippen LogP contribution >= 0.6 is 0 Å². The van der Waals surface area contributed by atoms with E-state index in [1.807, 2.05) is 0 Å². The molecule has 0 saturated carbocycles. The second-order valence-electron chi connectivity index (χ2n) is 8.30. The highest BCUT2D eigenvalue weighted by atomic mass is 16.3. The summed E-state index contributed by atoms with van der Waals surface area (Å²) in [6.07, 6.45) is 4.31. The molecule has 33 heavy (non-hydrogen) atoms. The summed E-state index contributed by atoms with van der Waals surface area (Å²) in [6.45, 7) is 9.31. The minimum atomic E-state index is 0. The largest absolute Gasteiger partial charge is 0.508 e. The number of aryl methyl sites for hydroxylation is 3. The molecule has 7 nitrogen and oxygen atoms in total. The number of nitrogens with zero attached hydrogens (tertiary/aromatic N) is 2. The molecule has 7 heteroatoms. The number of hydrogen-bond acceptors (Lipinski definition) is 6. The van der Waals surface area contributed by atoms with Crippen molar-refractivity contribution in [2.75, 3.05) is 44.7 Å². The van der Waals surface area contributed by atoms with Gasteiger partial charge in [-0.2, -0.15) is 0 Å². The monoisotopic (exact) mass is 456 g/mol. The first-order valence-corrected chi connectivity index (χ1v) is 11.2. The number of hydrogen-bond donors (Lipinski definition) is 2. The Morgan fingerprint density at radius 2 is 1.67 bits per heavy atom. The zero-order valence-corrected chi connectivity index (χ0v) is 19.8. The summed E-state index contributed by atoms with van der Waals surface area (Å²) in [5, 5.41) is 17.4. The van der Waals surface area contributed by atoms with Gasteiger partial charge in [0, 0.05) is 50.6 Å². The molecule has 0 atom stereocenters.